The number of para-hydroxylation sites is 1. The number of piperidine rings is 1. The number of carbonyl (C=O) groups excluding carboxylic acids is 2. The van der Waals surface area contributed by atoms with Gasteiger partial charge in [-0.15, -0.1) is 0 Å². The van der Waals surface area contributed by atoms with E-state index in [-0.39, 0.29) is 18.4 Å². The van der Waals surface area contributed by atoms with Gasteiger partial charge in [0.1, 0.15) is 5.75 Å². The fraction of sp³-hybridized carbons (Fsp3) is 0.300. The van der Waals surface area contributed by atoms with Gasteiger partial charge < -0.3 is 15.0 Å². The van der Waals surface area contributed by atoms with Crippen LogP contribution >= 0.6 is 0 Å². The van der Waals surface area contributed by atoms with E-state index in [0.29, 0.717) is 17.9 Å². The number of rotatable bonds is 5. The highest BCUT2D eigenvalue weighted by molar-refractivity contribution is 5.96. The molecule has 2 aromatic rings. The highest BCUT2D eigenvalue weighted by Crippen LogP contribution is 2.27. The molecule has 0 unspecified atom stereocenters. The number of carbonyl (C=O) groups is 2. The average molecular weight is 338 g/mol. The largest absolute Gasteiger partial charge is 0.484 e. The molecule has 0 atom stereocenters. The molecule has 0 aromatic heterocycles. The van der Waals surface area contributed by atoms with Crippen molar-refractivity contribution >= 4 is 23.2 Å². The number of benzene rings is 2. The first-order chi connectivity index (χ1) is 12.1. The minimum Gasteiger partial charge on any atom is -0.484 e. The van der Waals surface area contributed by atoms with Crippen LogP contribution in [0.2, 0.25) is 0 Å². The van der Waals surface area contributed by atoms with E-state index in [4.69, 9.17) is 4.74 Å². The van der Waals surface area contributed by atoms with Gasteiger partial charge >= 0.3 is 0 Å². The lowest BCUT2D eigenvalue weighted by Gasteiger charge is -2.28. The van der Waals surface area contributed by atoms with Crippen molar-refractivity contribution in [1.82, 2.24) is 0 Å². The summed E-state index contributed by atoms with van der Waals surface area (Å²) in [5, 5.41) is 2.83. The smallest absolute Gasteiger partial charge is 0.262 e. The third-order valence-corrected chi connectivity index (χ3v) is 4.21. The van der Waals surface area contributed by atoms with Crippen LogP contribution in [0, 0.1) is 6.92 Å². The molecule has 1 aliphatic rings. The van der Waals surface area contributed by atoms with Crippen LogP contribution in [0.5, 0.6) is 5.75 Å². The molecule has 25 heavy (non-hydrogen) atoms. The van der Waals surface area contributed by atoms with Crippen molar-refractivity contribution in [2.24, 2.45) is 0 Å². The Morgan fingerprint density at radius 3 is 2.68 bits per heavy atom. The topological polar surface area (TPSA) is 58.6 Å². The fourth-order valence-electron chi connectivity index (χ4n) is 2.96. The maximum absolute atomic E-state index is 12.1. The van der Waals surface area contributed by atoms with Gasteiger partial charge in [-0.25, -0.2) is 0 Å². The molecule has 3 rings (SSSR count). The van der Waals surface area contributed by atoms with Gasteiger partial charge in [0.2, 0.25) is 5.91 Å². The maximum atomic E-state index is 12.1. The molecule has 0 radical (unpaired) electrons. The lowest BCUT2D eigenvalue weighted by molar-refractivity contribution is -0.119. The Kier molecular flexibility index (Phi) is 5.33. The molecule has 5 heteroatoms. The van der Waals surface area contributed by atoms with Crippen LogP contribution in [0.3, 0.4) is 0 Å². The quantitative estimate of drug-likeness (QED) is 0.907. The molecular formula is C20H22N2O3. The molecule has 0 spiro atoms. The molecule has 5 nitrogen and oxygen atoms in total. The molecule has 1 saturated heterocycles. The van der Waals surface area contributed by atoms with Gasteiger partial charge in [-0.2, -0.15) is 0 Å². The van der Waals surface area contributed by atoms with Gasteiger partial charge in [0.05, 0.1) is 0 Å². The minimum atomic E-state index is -0.218. The normalized spacial score (nSPS) is 14.3. The molecule has 1 aliphatic heterocycles. The summed E-state index contributed by atoms with van der Waals surface area (Å²) in [6.07, 6.45) is 2.60. The molecule has 0 aliphatic carbocycles. The lowest BCUT2D eigenvalue weighted by atomic mass is 10.1. The second kappa shape index (κ2) is 7.83. The van der Waals surface area contributed by atoms with Crippen LogP contribution in [0.1, 0.15) is 24.8 Å². The van der Waals surface area contributed by atoms with Gasteiger partial charge in [0, 0.05) is 24.3 Å². The van der Waals surface area contributed by atoms with Crippen LogP contribution in [-0.2, 0) is 9.59 Å². The summed E-state index contributed by atoms with van der Waals surface area (Å²) < 4.78 is 5.44. The molecule has 0 bridgehead atoms. The van der Waals surface area contributed by atoms with Crippen molar-refractivity contribution in [1.29, 1.82) is 0 Å². The Hall–Kier alpha value is -2.82. The number of amides is 2. The van der Waals surface area contributed by atoms with Crippen LogP contribution in [0.15, 0.2) is 48.5 Å². The van der Waals surface area contributed by atoms with E-state index in [1.54, 1.807) is 0 Å². The predicted octanol–water partition coefficient (Wildman–Crippen LogP) is 3.53. The van der Waals surface area contributed by atoms with Crippen molar-refractivity contribution in [3.8, 4) is 5.75 Å². The van der Waals surface area contributed by atoms with Crippen molar-refractivity contribution in [3.63, 3.8) is 0 Å². The Balaban J connectivity index is 1.60. The average Bonchev–Trinajstić information content (AvgIpc) is 2.62. The molecule has 0 saturated carbocycles. The second-order valence-corrected chi connectivity index (χ2v) is 6.15. The summed E-state index contributed by atoms with van der Waals surface area (Å²) in [4.78, 5) is 25.9. The maximum Gasteiger partial charge on any atom is 0.262 e. The number of hydrogen-bond donors (Lipinski definition) is 1. The Morgan fingerprint density at radius 1 is 1.16 bits per heavy atom. The van der Waals surface area contributed by atoms with Crippen molar-refractivity contribution < 1.29 is 14.3 Å². The highest BCUT2D eigenvalue weighted by atomic mass is 16.5. The zero-order valence-electron chi connectivity index (χ0n) is 14.3. The molecule has 2 aromatic carbocycles. The van der Waals surface area contributed by atoms with Gasteiger partial charge in [-0.3, -0.25) is 9.59 Å². The molecule has 1 N–H and O–H groups in total. The lowest BCUT2D eigenvalue weighted by Crippen LogP contribution is -2.35. The Bertz CT molecular complexity index is 759. The minimum absolute atomic E-state index is 0.0462. The summed E-state index contributed by atoms with van der Waals surface area (Å²) >= 11 is 0. The third kappa shape index (κ3) is 4.38. The summed E-state index contributed by atoms with van der Waals surface area (Å²) in [7, 11) is 0. The summed E-state index contributed by atoms with van der Waals surface area (Å²) in [6.45, 7) is 2.67. The molecule has 1 fully saturated rings. The number of ether oxygens (including phenoxy) is 1. The van der Waals surface area contributed by atoms with Crippen LogP contribution in [0.25, 0.3) is 0 Å². The van der Waals surface area contributed by atoms with Crippen LogP contribution in [0.4, 0.5) is 11.4 Å². The fourth-order valence-corrected chi connectivity index (χ4v) is 2.96. The Labute approximate surface area is 147 Å². The molecule has 1 heterocycles. The summed E-state index contributed by atoms with van der Waals surface area (Å²) in [6, 6.07) is 14.8. The number of aryl methyl sites for hydroxylation is 1. The predicted molar refractivity (Wildman–Crippen MR) is 97.9 cm³/mol. The van der Waals surface area contributed by atoms with Gasteiger partial charge in [0.15, 0.2) is 6.61 Å². The number of nitrogens with one attached hydrogen (secondary N) is 1. The second-order valence-electron chi connectivity index (χ2n) is 6.15. The molecule has 2 amide bonds. The van der Waals surface area contributed by atoms with E-state index < -0.39 is 0 Å². The monoisotopic (exact) mass is 338 g/mol. The standard InChI is InChI=1S/C20H22N2O3/c1-15-13-16(10-11-18(15)22-12-6-5-9-20(22)24)21-19(23)14-25-17-7-3-2-4-8-17/h2-4,7-8,10-11,13H,5-6,9,12,14H2,1H3,(H,21,23). The van der Waals surface area contributed by atoms with E-state index in [2.05, 4.69) is 5.32 Å². The van der Waals surface area contributed by atoms with E-state index in [0.717, 1.165) is 30.6 Å². The molecular weight excluding hydrogens is 316 g/mol. The van der Waals surface area contributed by atoms with E-state index in [1.807, 2.05) is 60.4 Å². The van der Waals surface area contributed by atoms with Gasteiger partial charge in [-0.1, -0.05) is 18.2 Å². The number of hydrogen-bond acceptors (Lipinski definition) is 3. The van der Waals surface area contributed by atoms with Gasteiger partial charge in [0.25, 0.3) is 5.91 Å². The van der Waals surface area contributed by atoms with Crippen LogP contribution < -0.4 is 15.0 Å². The third-order valence-electron chi connectivity index (χ3n) is 4.21. The Morgan fingerprint density at radius 2 is 1.96 bits per heavy atom. The summed E-state index contributed by atoms with van der Waals surface area (Å²) in [5.74, 6) is 0.611. The zero-order valence-corrected chi connectivity index (χ0v) is 14.3. The highest BCUT2D eigenvalue weighted by Gasteiger charge is 2.21. The van der Waals surface area contributed by atoms with Crippen LogP contribution in [-0.4, -0.2) is 25.0 Å². The number of anilines is 2. The zero-order chi connectivity index (χ0) is 17.6. The van der Waals surface area contributed by atoms with Gasteiger partial charge in [-0.05, 0) is 55.7 Å². The van der Waals surface area contributed by atoms with E-state index in [9.17, 15) is 9.59 Å². The van der Waals surface area contributed by atoms with Crippen molar-refractivity contribution in [3.05, 3.63) is 54.1 Å². The first kappa shape index (κ1) is 17.0. The molecule has 130 valence electrons. The SMILES string of the molecule is Cc1cc(NC(=O)COc2ccccc2)ccc1N1CCCCC1=O. The van der Waals surface area contributed by atoms with E-state index >= 15 is 0 Å². The first-order valence-corrected chi connectivity index (χ1v) is 8.52. The van der Waals surface area contributed by atoms with Crippen molar-refractivity contribution in [2.45, 2.75) is 26.2 Å². The van der Waals surface area contributed by atoms with E-state index in [1.165, 1.54) is 0 Å². The number of nitrogens with zero attached hydrogens (tertiary/aromatic N) is 1. The van der Waals surface area contributed by atoms with Crippen molar-refractivity contribution in [2.75, 3.05) is 23.4 Å². The summed E-state index contributed by atoms with van der Waals surface area (Å²) in [5.41, 5.74) is 2.59. The first-order valence-electron chi connectivity index (χ1n) is 8.52.